The lowest BCUT2D eigenvalue weighted by Crippen LogP contribution is -2.58. The molecule has 13 N–H and O–H groups in total. The van der Waals surface area contributed by atoms with Crippen LogP contribution in [0.5, 0.6) is 0 Å². The molecule has 17 heteroatoms. The molecule has 0 fully saturated rings. The maximum absolute atomic E-state index is 13.5. The molecule has 17 nitrogen and oxygen atoms in total. The van der Waals surface area contributed by atoms with E-state index in [0.29, 0.717) is 17.7 Å². The molecule has 0 spiro atoms. The summed E-state index contributed by atoms with van der Waals surface area (Å²) in [5.74, 6) is -5.45. The van der Waals surface area contributed by atoms with E-state index in [-0.39, 0.29) is 31.8 Å². The number of imidazole rings is 1. The van der Waals surface area contributed by atoms with Gasteiger partial charge in [0, 0.05) is 48.4 Å². The number of aliphatic carboxylic acids is 2. The van der Waals surface area contributed by atoms with Gasteiger partial charge in [0.25, 0.3) is 0 Å². The number of nitrogens with one attached hydrogen (secondary N) is 5. The van der Waals surface area contributed by atoms with Gasteiger partial charge < -0.3 is 53.3 Å². The van der Waals surface area contributed by atoms with Crippen molar-refractivity contribution in [2.45, 2.75) is 56.3 Å². The number of aromatic nitrogens is 3. The van der Waals surface area contributed by atoms with Crippen molar-refractivity contribution < 1.29 is 34.2 Å². The Balaban J connectivity index is 1.80. The van der Waals surface area contributed by atoms with Crippen LogP contribution < -0.4 is 33.2 Å². The minimum Gasteiger partial charge on any atom is -0.481 e. The first-order valence-corrected chi connectivity index (χ1v) is 13.6. The summed E-state index contributed by atoms with van der Waals surface area (Å²) in [6.07, 6.45) is 3.90. The molecule has 236 valence electrons. The number of hydrogen-bond acceptors (Lipinski definition) is 8. The fourth-order valence-corrected chi connectivity index (χ4v) is 4.40. The van der Waals surface area contributed by atoms with Crippen LogP contribution in [0.4, 0.5) is 0 Å². The predicted octanol–water partition coefficient (Wildman–Crippen LogP) is -1.93. The second-order valence-electron chi connectivity index (χ2n) is 10.0. The number of nitrogens with zero attached hydrogens (tertiary/aromatic N) is 2. The molecule has 2 heterocycles. The summed E-state index contributed by atoms with van der Waals surface area (Å²) in [7, 11) is 0. The fourth-order valence-electron chi connectivity index (χ4n) is 4.40. The molecular formula is C27H36N10O7. The van der Waals surface area contributed by atoms with E-state index in [1.807, 2.05) is 12.1 Å². The summed E-state index contributed by atoms with van der Waals surface area (Å²) in [6, 6.07) is 1.79. The van der Waals surface area contributed by atoms with Gasteiger partial charge in [0.15, 0.2) is 5.96 Å². The summed E-state index contributed by atoms with van der Waals surface area (Å²) >= 11 is 0. The van der Waals surface area contributed by atoms with Crippen molar-refractivity contribution in [2.24, 2.45) is 22.2 Å². The van der Waals surface area contributed by atoms with Crippen LogP contribution in [-0.2, 0) is 36.8 Å². The monoisotopic (exact) mass is 612 g/mol. The van der Waals surface area contributed by atoms with Gasteiger partial charge in [-0.3, -0.25) is 24.2 Å². The van der Waals surface area contributed by atoms with Gasteiger partial charge in [-0.1, -0.05) is 18.2 Å². The third-order valence-electron chi connectivity index (χ3n) is 6.64. The Morgan fingerprint density at radius 2 is 1.59 bits per heavy atom. The molecular weight excluding hydrogens is 576 g/mol. The molecule has 0 saturated carbocycles. The summed E-state index contributed by atoms with van der Waals surface area (Å²) in [4.78, 5) is 76.6. The van der Waals surface area contributed by atoms with Crippen molar-refractivity contribution >= 4 is 46.5 Å². The number of para-hydroxylation sites is 1. The number of hydrogen-bond donors (Lipinski definition) is 10. The summed E-state index contributed by atoms with van der Waals surface area (Å²) in [6.45, 7) is 0.213. The molecule has 44 heavy (non-hydrogen) atoms. The van der Waals surface area contributed by atoms with Gasteiger partial charge in [-0.2, -0.15) is 0 Å². The van der Waals surface area contributed by atoms with E-state index < -0.39 is 60.2 Å². The predicted molar refractivity (Wildman–Crippen MR) is 158 cm³/mol. The molecule has 0 bridgehead atoms. The van der Waals surface area contributed by atoms with Crippen LogP contribution in [0.2, 0.25) is 0 Å². The number of H-pyrrole nitrogens is 2. The van der Waals surface area contributed by atoms with Crippen LogP contribution in [0.3, 0.4) is 0 Å². The number of benzene rings is 1. The van der Waals surface area contributed by atoms with Crippen molar-refractivity contribution in [3.8, 4) is 0 Å². The van der Waals surface area contributed by atoms with E-state index >= 15 is 0 Å². The van der Waals surface area contributed by atoms with Crippen LogP contribution in [0.15, 0.2) is 48.0 Å². The number of nitrogens with two attached hydrogens (primary N) is 3. The van der Waals surface area contributed by atoms with Crippen LogP contribution in [0.25, 0.3) is 10.9 Å². The van der Waals surface area contributed by atoms with Gasteiger partial charge >= 0.3 is 11.9 Å². The van der Waals surface area contributed by atoms with Gasteiger partial charge in [0.05, 0.1) is 18.8 Å². The first kappa shape index (κ1) is 33.1. The van der Waals surface area contributed by atoms with Gasteiger partial charge in [-0.25, -0.2) is 9.78 Å². The van der Waals surface area contributed by atoms with Crippen molar-refractivity contribution in [3.05, 3.63) is 54.2 Å². The first-order chi connectivity index (χ1) is 20.9. The number of aliphatic imine (C=N–C) groups is 1. The average molecular weight is 613 g/mol. The van der Waals surface area contributed by atoms with E-state index in [4.69, 9.17) is 17.2 Å². The average Bonchev–Trinajstić information content (AvgIpc) is 3.63. The van der Waals surface area contributed by atoms with Crippen LogP contribution in [0, 0.1) is 0 Å². The number of carboxylic acid groups (broad SMARTS) is 2. The van der Waals surface area contributed by atoms with Crippen molar-refractivity contribution in [1.29, 1.82) is 0 Å². The minimum absolute atomic E-state index is 0.0873. The van der Waals surface area contributed by atoms with E-state index in [1.165, 1.54) is 12.5 Å². The van der Waals surface area contributed by atoms with Gasteiger partial charge in [-0.05, 0) is 24.5 Å². The SMILES string of the molecule is NC(N)=NCCCC(N)C(=O)NC(CC(=O)O)C(=O)NC(Cc1c[nH]c2ccccc12)C(=O)NC(Cc1cnc[nH]1)C(=O)O. The first-order valence-electron chi connectivity index (χ1n) is 13.6. The van der Waals surface area contributed by atoms with E-state index in [9.17, 15) is 34.2 Å². The normalized spacial score (nSPS) is 13.7. The third kappa shape index (κ3) is 9.83. The van der Waals surface area contributed by atoms with Gasteiger partial charge in [0.1, 0.15) is 18.1 Å². The molecule has 3 aromatic rings. The number of guanidine groups is 1. The maximum atomic E-state index is 13.5. The van der Waals surface area contributed by atoms with Gasteiger partial charge in [-0.15, -0.1) is 0 Å². The quantitative estimate of drug-likeness (QED) is 0.0455. The Kier molecular flexibility index (Phi) is 11.8. The second kappa shape index (κ2) is 15.7. The smallest absolute Gasteiger partial charge is 0.326 e. The number of carbonyl (C=O) groups is 5. The Morgan fingerprint density at radius 1 is 0.909 bits per heavy atom. The molecule has 0 radical (unpaired) electrons. The van der Waals surface area contributed by atoms with Crippen molar-refractivity contribution in [2.75, 3.05) is 6.54 Å². The maximum Gasteiger partial charge on any atom is 0.326 e. The largest absolute Gasteiger partial charge is 0.481 e. The lowest BCUT2D eigenvalue weighted by atomic mass is 10.0. The Morgan fingerprint density at radius 3 is 2.25 bits per heavy atom. The number of aromatic amines is 2. The molecule has 0 aliphatic rings. The molecule has 0 saturated heterocycles. The van der Waals surface area contributed by atoms with Crippen LogP contribution in [0.1, 0.15) is 30.5 Å². The number of amides is 3. The minimum atomic E-state index is -1.60. The summed E-state index contributed by atoms with van der Waals surface area (Å²) in [5.41, 5.74) is 18.3. The number of fused-ring (bicyclic) bond motifs is 1. The number of rotatable bonds is 17. The Labute approximate surface area is 251 Å². The standard InChI is InChI=1S/C27H36N10O7/c28-17(5-3-7-32-27(29)30)23(40)35-20(10-22(38)39)25(42)36-19(8-14-11-33-18-6-2-1-4-16(14)18)24(41)37-21(26(43)44)9-15-12-31-13-34-15/h1-2,4,6,11-13,17,19-21,33H,3,5,7-10,28H2,(H,31,34)(H,35,40)(H,36,42)(H,37,41)(H,38,39)(H,43,44)(H4,29,30,32). The summed E-state index contributed by atoms with van der Waals surface area (Å²) in [5, 5.41) is 27.2. The van der Waals surface area contributed by atoms with E-state index in [2.05, 4.69) is 35.9 Å². The molecule has 4 unspecified atom stereocenters. The molecule has 3 amide bonds. The molecule has 0 aliphatic heterocycles. The molecule has 1 aromatic carbocycles. The summed E-state index contributed by atoms with van der Waals surface area (Å²) < 4.78 is 0. The zero-order chi connectivity index (χ0) is 32.2. The Bertz CT molecular complexity index is 1480. The van der Waals surface area contributed by atoms with E-state index in [1.54, 1.807) is 18.3 Å². The molecule has 2 aromatic heterocycles. The highest BCUT2D eigenvalue weighted by atomic mass is 16.4. The van der Waals surface area contributed by atoms with Gasteiger partial charge in [0.2, 0.25) is 17.7 Å². The Hall–Kier alpha value is -5.45. The van der Waals surface area contributed by atoms with E-state index in [0.717, 1.165) is 10.9 Å². The third-order valence-corrected chi connectivity index (χ3v) is 6.64. The van der Waals surface area contributed by atoms with Crippen LogP contribution in [-0.4, -0.2) is 91.5 Å². The van der Waals surface area contributed by atoms with Crippen LogP contribution >= 0.6 is 0 Å². The highest BCUT2D eigenvalue weighted by Crippen LogP contribution is 2.19. The fraction of sp³-hybridized carbons (Fsp3) is 0.370. The lowest BCUT2D eigenvalue weighted by molar-refractivity contribution is -0.143. The lowest BCUT2D eigenvalue weighted by Gasteiger charge is -2.24. The number of carboxylic acids is 2. The second-order valence-corrected chi connectivity index (χ2v) is 10.0. The highest BCUT2D eigenvalue weighted by Gasteiger charge is 2.32. The topological polar surface area (TPSA) is 297 Å². The highest BCUT2D eigenvalue weighted by molar-refractivity contribution is 5.96. The zero-order valence-electron chi connectivity index (χ0n) is 23.7. The number of carbonyl (C=O) groups excluding carboxylic acids is 3. The van der Waals surface area contributed by atoms with Crippen molar-refractivity contribution in [1.82, 2.24) is 30.9 Å². The molecule has 0 aliphatic carbocycles. The molecule has 3 rings (SSSR count). The zero-order valence-corrected chi connectivity index (χ0v) is 23.7. The molecule has 4 atom stereocenters. The van der Waals surface area contributed by atoms with Crippen molar-refractivity contribution in [3.63, 3.8) is 0 Å².